The first-order valence-electron chi connectivity index (χ1n) is 10.1. The molecule has 1 heterocycles. The predicted molar refractivity (Wildman–Crippen MR) is 109 cm³/mol. The second-order valence-corrected chi connectivity index (χ2v) is 10.3. The minimum atomic E-state index is -3.76. The molecule has 1 saturated heterocycles. The standard InChI is InChI=1S/C21H31NO6S/c1-5-26-20-16(22-19(23)14-9-7-6-8-10-14)18(28-29(4,24)25)17(27-20)15-11-12-21(2,3)13-15/h6-10,15-18,20H,5,11-13H2,1-4H3,(H,22,23)/t15-,16-,17-,18+,20-/m1/s1. The summed E-state index contributed by atoms with van der Waals surface area (Å²) in [6, 6.07) is 8.04. The average molecular weight is 426 g/mol. The van der Waals surface area contributed by atoms with Crippen molar-refractivity contribution in [3.8, 4) is 0 Å². The Balaban J connectivity index is 1.87. The highest BCUT2D eigenvalue weighted by Crippen LogP contribution is 2.46. The van der Waals surface area contributed by atoms with E-state index >= 15 is 0 Å². The zero-order chi connectivity index (χ0) is 21.2. The quantitative estimate of drug-likeness (QED) is 0.676. The molecule has 1 N–H and O–H groups in total. The Morgan fingerprint density at radius 2 is 1.97 bits per heavy atom. The van der Waals surface area contributed by atoms with E-state index in [0.717, 1.165) is 25.5 Å². The van der Waals surface area contributed by atoms with Gasteiger partial charge in [-0.2, -0.15) is 8.42 Å². The van der Waals surface area contributed by atoms with Gasteiger partial charge in [0.2, 0.25) is 0 Å². The SMILES string of the molecule is CCO[C@@H]1O[C@H]([C@@H]2CCC(C)(C)C2)[C@@H](OS(C)(=O)=O)[C@H]1NC(=O)c1ccccc1. The number of rotatable bonds is 7. The molecule has 1 aliphatic heterocycles. The summed E-state index contributed by atoms with van der Waals surface area (Å²) >= 11 is 0. The van der Waals surface area contributed by atoms with Crippen LogP contribution in [0.4, 0.5) is 0 Å². The third kappa shape index (κ3) is 5.57. The van der Waals surface area contributed by atoms with Gasteiger partial charge in [-0.1, -0.05) is 32.0 Å². The van der Waals surface area contributed by atoms with Crippen molar-refractivity contribution in [2.24, 2.45) is 11.3 Å². The minimum absolute atomic E-state index is 0.137. The van der Waals surface area contributed by atoms with Crippen LogP contribution in [-0.4, -0.2) is 51.7 Å². The lowest BCUT2D eigenvalue weighted by Gasteiger charge is -2.27. The number of carbonyl (C=O) groups excluding carboxylic acids is 1. The van der Waals surface area contributed by atoms with Crippen LogP contribution in [0.3, 0.4) is 0 Å². The van der Waals surface area contributed by atoms with Gasteiger partial charge in [-0.05, 0) is 49.7 Å². The van der Waals surface area contributed by atoms with E-state index in [2.05, 4.69) is 19.2 Å². The number of carbonyl (C=O) groups is 1. The summed E-state index contributed by atoms with van der Waals surface area (Å²) in [5.41, 5.74) is 0.641. The smallest absolute Gasteiger partial charge is 0.264 e. The number of hydrogen-bond donors (Lipinski definition) is 1. The first kappa shape index (κ1) is 22.2. The number of amides is 1. The van der Waals surface area contributed by atoms with E-state index in [0.29, 0.717) is 12.2 Å². The summed E-state index contributed by atoms with van der Waals surface area (Å²) < 4.78 is 41.4. The maximum Gasteiger partial charge on any atom is 0.264 e. The summed E-state index contributed by atoms with van der Waals surface area (Å²) in [5.74, 6) is -0.184. The van der Waals surface area contributed by atoms with Gasteiger partial charge in [0.05, 0.1) is 12.4 Å². The van der Waals surface area contributed by atoms with Crippen LogP contribution < -0.4 is 5.32 Å². The molecule has 0 aromatic heterocycles. The van der Waals surface area contributed by atoms with Crippen LogP contribution in [-0.2, 0) is 23.8 Å². The van der Waals surface area contributed by atoms with E-state index in [4.69, 9.17) is 13.7 Å². The van der Waals surface area contributed by atoms with Crippen LogP contribution >= 0.6 is 0 Å². The van der Waals surface area contributed by atoms with Crippen LogP contribution in [0, 0.1) is 11.3 Å². The van der Waals surface area contributed by atoms with E-state index in [-0.39, 0.29) is 17.2 Å². The van der Waals surface area contributed by atoms with Gasteiger partial charge in [-0.3, -0.25) is 8.98 Å². The molecule has 1 aromatic carbocycles. The Labute approximate surface area is 173 Å². The lowest BCUT2D eigenvalue weighted by molar-refractivity contribution is -0.148. The third-order valence-electron chi connectivity index (χ3n) is 5.68. The molecule has 8 heteroatoms. The van der Waals surface area contributed by atoms with E-state index < -0.39 is 34.7 Å². The molecule has 5 atom stereocenters. The van der Waals surface area contributed by atoms with Gasteiger partial charge in [0.25, 0.3) is 16.0 Å². The van der Waals surface area contributed by atoms with Crippen molar-refractivity contribution in [2.45, 2.75) is 64.6 Å². The number of benzene rings is 1. The Hall–Kier alpha value is -1.48. The highest BCUT2D eigenvalue weighted by atomic mass is 32.2. The third-order valence-corrected chi connectivity index (χ3v) is 6.26. The van der Waals surface area contributed by atoms with Gasteiger partial charge in [0.15, 0.2) is 6.29 Å². The minimum Gasteiger partial charge on any atom is -0.351 e. The average Bonchev–Trinajstić information content (AvgIpc) is 3.15. The zero-order valence-corrected chi connectivity index (χ0v) is 18.3. The molecule has 1 aromatic rings. The normalized spacial score (nSPS) is 31.7. The lowest BCUT2D eigenvalue weighted by Crippen LogP contribution is -2.50. The van der Waals surface area contributed by atoms with Crippen LogP contribution in [0.15, 0.2) is 30.3 Å². The van der Waals surface area contributed by atoms with Crippen LogP contribution in [0.25, 0.3) is 0 Å². The van der Waals surface area contributed by atoms with E-state index in [9.17, 15) is 13.2 Å². The van der Waals surface area contributed by atoms with Gasteiger partial charge in [0, 0.05) is 12.2 Å². The van der Waals surface area contributed by atoms with Crippen LogP contribution in [0.1, 0.15) is 50.4 Å². The summed E-state index contributed by atoms with van der Waals surface area (Å²) in [4.78, 5) is 12.8. The summed E-state index contributed by atoms with van der Waals surface area (Å²) in [5, 5.41) is 2.90. The van der Waals surface area contributed by atoms with Crippen molar-refractivity contribution in [3.05, 3.63) is 35.9 Å². The fourth-order valence-electron chi connectivity index (χ4n) is 4.42. The van der Waals surface area contributed by atoms with Crippen molar-refractivity contribution >= 4 is 16.0 Å². The Bertz CT molecular complexity index is 810. The summed E-state index contributed by atoms with van der Waals surface area (Å²) in [6.07, 6.45) is 1.79. The molecular weight excluding hydrogens is 394 g/mol. The van der Waals surface area contributed by atoms with Crippen LogP contribution in [0.5, 0.6) is 0 Å². The molecule has 0 bridgehead atoms. The molecule has 2 aliphatic rings. The number of ether oxygens (including phenoxy) is 2. The first-order chi connectivity index (χ1) is 13.6. The molecule has 0 spiro atoms. The molecule has 1 aliphatic carbocycles. The molecule has 2 fully saturated rings. The van der Waals surface area contributed by atoms with E-state index in [1.807, 2.05) is 13.0 Å². The lowest BCUT2D eigenvalue weighted by atomic mass is 9.87. The second kappa shape index (κ2) is 8.71. The van der Waals surface area contributed by atoms with E-state index in [1.165, 1.54) is 0 Å². The van der Waals surface area contributed by atoms with Gasteiger partial charge in [-0.25, -0.2) is 0 Å². The fraction of sp³-hybridized carbons (Fsp3) is 0.667. The molecule has 1 saturated carbocycles. The maximum absolute atomic E-state index is 12.8. The maximum atomic E-state index is 12.8. The van der Waals surface area contributed by atoms with Crippen molar-refractivity contribution in [3.63, 3.8) is 0 Å². The van der Waals surface area contributed by atoms with E-state index in [1.54, 1.807) is 24.3 Å². The Morgan fingerprint density at radius 1 is 1.28 bits per heavy atom. The topological polar surface area (TPSA) is 90.9 Å². The largest absolute Gasteiger partial charge is 0.351 e. The van der Waals surface area contributed by atoms with Crippen molar-refractivity contribution in [1.29, 1.82) is 0 Å². The molecule has 0 radical (unpaired) electrons. The first-order valence-corrected chi connectivity index (χ1v) is 11.9. The molecule has 7 nitrogen and oxygen atoms in total. The zero-order valence-electron chi connectivity index (χ0n) is 17.5. The van der Waals surface area contributed by atoms with Gasteiger partial charge >= 0.3 is 0 Å². The Kier molecular flexibility index (Phi) is 6.67. The van der Waals surface area contributed by atoms with Gasteiger partial charge in [0.1, 0.15) is 12.1 Å². The molecule has 1 amide bonds. The van der Waals surface area contributed by atoms with Crippen molar-refractivity contribution < 1.29 is 26.9 Å². The molecule has 0 unspecified atom stereocenters. The predicted octanol–water partition coefficient (Wildman–Crippen LogP) is 2.72. The molecule has 3 rings (SSSR count). The van der Waals surface area contributed by atoms with Gasteiger partial charge < -0.3 is 14.8 Å². The second-order valence-electron chi connectivity index (χ2n) is 8.72. The van der Waals surface area contributed by atoms with Crippen molar-refractivity contribution in [2.75, 3.05) is 12.9 Å². The highest BCUT2D eigenvalue weighted by Gasteiger charge is 2.53. The van der Waals surface area contributed by atoms with Crippen molar-refractivity contribution in [1.82, 2.24) is 5.32 Å². The highest BCUT2D eigenvalue weighted by molar-refractivity contribution is 7.86. The molecular formula is C21H31NO6S. The summed E-state index contributed by atoms with van der Waals surface area (Å²) in [7, 11) is -3.76. The molecule has 29 heavy (non-hydrogen) atoms. The number of nitrogens with one attached hydrogen (secondary N) is 1. The molecule has 162 valence electrons. The van der Waals surface area contributed by atoms with Gasteiger partial charge in [-0.15, -0.1) is 0 Å². The monoisotopic (exact) mass is 425 g/mol. The Morgan fingerprint density at radius 3 is 2.52 bits per heavy atom. The number of hydrogen-bond acceptors (Lipinski definition) is 6. The summed E-state index contributed by atoms with van der Waals surface area (Å²) in [6.45, 7) is 6.60. The fourth-order valence-corrected chi connectivity index (χ4v) is 5.06. The van der Waals surface area contributed by atoms with Crippen LogP contribution in [0.2, 0.25) is 0 Å².